The lowest BCUT2D eigenvalue weighted by Crippen LogP contribution is -2.08. The van der Waals surface area contributed by atoms with Crippen molar-refractivity contribution in [2.75, 3.05) is 0 Å². The Morgan fingerprint density at radius 3 is 2.60 bits per heavy atom. The summed E-state index contributed by atoms with van der Waals surface area (Å²) >= 11 is 3.33. The molecular formula is C6H10INOS. The van der Waals surface area contributed by atoms with E-state index in [0.29, 0.717) is 5.25 Å². The van der Waals surface area contributed by atoms with Crippen molar-refractivity contribution in [1.82, 2.24) is 3.53 Å². The zero-order chi connectivity index (χ0) is 7.40. The molecule has 1 aliphatic carbocycles. The molecule has 0 aromatic carbocycles. The predicted octanol–water partition coefficient (Wildman–Crippen LogP) is 2.72. The molecule has 0 atom stereocenters. The van der Waals surface area contributed by atoms with E-state index in [-0.39, 0.29) is 5.24 Å². The lowest BCUT2D eigenvalue weighted by molar-refractivity contribution is 0.266. The van der Waals surface area contributed by atoms with Crippen LogP contribution in [0.5, 0.6) is 0 Å². The third kappa shape index (κ3) is 2.65. The van der Waals surface area contributed by atoms with Gasteiger partial charge in [-0.2, -0.15) is 0 Å². The van der Waals surface area contributed by atoms with Crippen molar-refractivity contribution in [1.29, 1.82) is 0 Å². The molecule has 4 heteroatoms. The first-order valence-corrected chi connectivity index (χ1v) is 5.36. The number of hydrogen-bond acceptors (Lipinski definition) is 2. The summed E-state index contributed by atoms with van der Waals surface area (Å²) in [7, 11) is 0. The van der Waals surface area contributed by atoms with Gasteiger partial charge in [0, 0.05) is 5.25 Å². The molecule has 10 heavy (non-hydrogen) atoms. The van der Waals surface area contributed by atoms with Crippen LogP contribution in [0.25, 0.3) is 0 Å². The minimum Gasteiger partial charge on any atom is -0.289 e. The smallest absolute Gasteiger partial charge is 0.287 e. The maximum Gasteiger partial charge on any atom is 0.287 e. The van der Waals surface area contributed by atoms with Gasteiger partial charge in [0.05, 0.1) is 22.9 Å². The Morgan fingerprint density at radius 1 is 1.50 bits per heavy atom. The highest BCUT2D eigenvalue weighted by Crippen LogP contribution is 2.29. The van der Waals surface area contributed by atoms with Crippen LogP contribution in [-0.2, 0) is 0 Å². The molecule has 0 unspecified atom stereocenters. The number of carbonyl (C=O) groups excluding carboxylic acids is 1. The maximum atomic E-state index is 10.8. The quantitative estimate of drug-likeness (QED) is 0.587. The average Bonchev–Trinajstić information content (AvgIpc) is 2.40. The number of thioether (sulfide) groups is 1. The van der Waals surface area contributed by atoms with E-state index < -0.39 is 0 Å². The van der Waals surface area contributed by atoms with E-state index >= 15 is 0 Å². The van der Waals surface area contributed by atoms with E-state index in [9.17, 15) is 4.79 Å². The molecule has 1 amide bonds. The predicted molar refractivity (Wildman–Crippen MR) is 52.4 cm³/mol. The number of carbonyl (C=O) groups is 1. The molecule has 0 spiro atoms. The molecule has 1 rings (SSSR count). The van der Waals surface area contributed by atoms with E-state index in [2.05, 4.69) is 3.53 Å². The fourth-order valence-electron chi connectivity index (χ4n) is 1.18. The standard InChI is InChI=1S/C6H10INOS/c7-8-6(9)10-5-3-1-2-4-5/h5H,1-4H2,(H,8,9). The summed E-state index contributed by atoms with van der Waals surface area (Å²) in [6, 6.07) is 0. The fourth-order valence-corrected chi connectivity index (χ4v) is 2.48. The number of rotatable bonds is 1. The number of nitrogens with one attached hydrogen (secondary N) is 1. The SMILES string of the molecule is O=C(NI)SC1CCCC1. The lowest BCUT2D eigenvalue weighted by atomic mass is 10.4. The van der Waals surface area contributed by atoms with E-state index in [0.717, 1.165) is 0 Å². The monoisotopic (exact) mass is 271 g/mol. The van der Waals surface area contributed by atoms with Crippen LogP contribution in [0.15, 0.2) is 0 Å². The average molecular weight is 271 g/mol. The van der Waals surface area contributed by atoms with Gasteiger partial charge in [0.25, 0.3) is 5.24 Å². The first-order valence-electron chi connectivity index (χ1n) is 3.40. The van der Waals surface area contributed by atoms with Crippen molar-refractivity contribution >= 4 is 39.9 Å². The fraction of sp³-hybridized carbons (Fsp3) is 0.833. The maximum absolute atomic E-state index is 10.8. The minimum atomic E-state index is 0.104. The molecule has 0 aliphatic heterocycles. The molecule has 1 N–H and O–H groups in total. The Labute approximate surface area is 79.0 Å². The number of halogens is 1. The van der Waals surface area contributed by atoms with Gasteiger partial charge in [-0.3, -0.25) is 8.32 Å². The van der Waals surface area contributed by atoms with Crippen molar-refractivity contribution in [2.24, 2.45) is 0 Å². The van der Waals surface area contributed by atoms with Gasteiger partial charge >= 0.3 is 0 Å². The van der Waals surface area contributed by atoms with Gasteiger partial charge in [0.1, 0.15) is 0 Å². The molecule has 0 heterocycles. The third-order valence-electron chi connectivity index (χ3n) is 1.65. The Morgan fingerprint density at radius 2 is 2.10 bits per heavy atom. The van der Waals surface area contributed by atoms with Crippen LogP contribution in [0.1, 0.15) is 25.7 Å². The van der Waals surface area contributed by atoms with Crippen molar-refractivity contribution in [3.05, 3.63) is 0 Å². The van der Waals surface area contributed by atoms with E-state index in [4.69, 9.17) is 0 Å². The summed E-state index contributed by atoms with van der Waals surface area (Å²) < 4.78 is 2.59. The van der Waals surface area contributed by atoms with Gasteiger partial charge < -0.3 is 0 Å². The van der Waals surface area contributed by atoms with Gasteiger partial charge in [-0.05, 0) is 12.8 Å². The summed E-state index contributed by atoms with van der Waals surface area (Å²) in [6.07, 6.45) is 5.03. The van der Waals surface area contributed by atoms with Crippen molar-refractivity contribution in [3.8, 4) is 0 Å². The van der Waals surface area contributed by atoms with E-state index in [1.807, 2.05) is 22.9 Å². The first-order chi connectivity index (χ1) is 4.83. The molecule has 0 aromatic heterocycles. The summed E-state index contributed by atoms with van der Waals surface area (Å²) in [4.78, 5) is 10.8. The Kier molecular flexibility index (Phi) is 3.83. The second-order valence-corrected chi connectivity index (χ2v) is 4.22. The van der Waals surface area contributed by atoms with Crippen LogP contribution in [0.4, 0.5) is 4.79 Å². The van der Waals surface area contributed by atoms with Crippen LogP contribution in [-0.4, -0.2) is 10.5 Å². The zero-order valence-corrected chi connectivity index (χ0v) is 8.57. The zero-order valence-electron chi connectivity index (χ0n) is 5.60. The Hall–Kier alpha value is 0.550. The number of hydrogen-bond donors (Lipinski definition) is 1. The first kappa shape index (κ1) is 8.64. The van der Waals surface area contributed by atoms with Crippen molar-refractivity contribution < 1.29 is 4.79 Å². The van der Waals surface area contributed by atoms with Gasteiger partial charge in [0.15, 0.2) is 0 Å². The summed E-state index contributed by atoms with van der Waals surface area (Å²) in [5.41, 5.74) is 0. The molecule has 2 nitrogen and oxygen atoms in total. The third-order valence-corrected chi connectivity index (χ3v) is 3.63. The largest absolute Gasteiger partial charge is 0.289 e. The number of amides is 1. The molecule has 1 saturated carbocycles. The highest BCUT2D eigenvalue weighted by atomic mass is 127. The van der Waals surface area contributed by atoms with E-state index in [1.165, 1.54) is 37.4 Å². The minimum absolute atomic E-state index is 0.104. The molecule has 58 valence electrons. The van der Waals surface area contributed by atoms with Crippen LogP contribution in [0, 0.1) is 0 Å². The van der Waals surface area contributed by atoms with Gasteiger partial charge in [0.2, 0.25) is 0 Å². The Balaban J connectivity index is 2.17. The Bertz CT molecular complexity index is 125. The van der Waals surface area contributed by atoms with Crippen molar-refractivity contribution in [2.45, 2.75) is 30.9 Å². The van der Waals surface area contributed by atoms with Crippen molar-refractivity contribution in [3.63, 3.8) is 0 Å². The summed E-state index contributed by atoms with van der Waals surface area (Å²) in [5.74, 6) is 0. The highest BCUT2D eigenvalue weighted by molar-refractivity contribution is 14.1. The van der Waals surface area contributed by atoms with Crippen LogP contribution >= 0.6 is 34.6 Å². The second-order valence-electron chi connectivity index (χ2n) is 2.41. The molecular weight excluding hydrogens is 261 g/mol. The van der Waals surface area contributed by atoms with Crippen LogP contribution in [0.3, 0.4) is 0 Å². The van der Waals surface area contributed by atoms with Crippen LogP contribution in [0.2, 0.25) is 0 Å². The van der Waals surface area contributed by atoms with Crippen LogP contribution < -0.4 is 3.53 Å². The highest BCUT2D eigenvalue weighted by Gasteiger charge is 2.18. The van der Waals surface area contributed by atoms with Gasteiger partial charge in [-0.1, -0.05) is 24.6 Å². The van der Waals surface area contributed by atoms with E-state index in [1.54, 1.807) is 0 Å². The molecule has 1 aliphatic rings. The van der Waals surface area contributed by atoms with Gasteiger partial charge in [-0.15, -0.1) is 0 Å². The molecule has 1 fully saturated rings. The molecule has 0 saturated heterocycles. The topological polar surface area (TPSA) is 29.1 Å². The lowest BCUT2D eigenvalue weighted by Gasteiger charge is -2.04. The summed E-state index contributed by atoms with van der Waals surface area (Å²) in [6.45, 7) is 0. The molecule has 0 aromatic rings. The summed E-state index contributed by atoms with van der Waals surface area (Å²) in [5, 5.41) is 0.697. The molecule has 0 radical (unpaired) electrons. The molecule has 0 bridgehead atoms. The van der Waals surface area contributed by atoms with Gasteiger partial charge in [-0.25, -0.2) is 0 Å². The normalized spacial score (nSPS) is 19.3. The second kappa shape index (κ2) is 4.43.